The predicted octanol–water partition coefficient (Wildman–Crippen LogP) is 4.58. The molecular weight excluding hydrogens is 354 g/mol. The van der Waals surface area contributed by atoms with E-state index in [1.165, 1.54) is 10.9 Å². The van der Waals surface area contributed by atoms with E-state index in [1.807, 2.05) is 24.3 Å². The molecule has 2 aromatic heterocycles. The summed E-state index contributed by atoms with van der Waals surface area (Å²) < 4.78 is 1.08. The zero-order valence-corrected chi connectivity index (χ0v) is 13.1. The molecule has 0 spiro atoms. The molecule has 3 rings (SSSR count). The van der Waals surface area contributed by atoms with Crippen LogP contribution in [0.15, 0.2) is 46.4 Å². The van der Waals surface area contributed by atoms with Gasteiger partial charge in [-0.05, 0) is 34.1 Å². The SMILES string of the molecule is O=[N+]([O-])c1cccc2c(NCc3ccc(Br)s3)ccnc12. The lowest BCUT2D eigenvalue weighted by Gasteiger charge is -2.08. The van der Waals surface area contributed by atoms with Crippen molar-refractivity contribution >= 4 is 49.5 Å². The maximum Gasteiger partial charge on any atom is 0.295 e. The quantitative estimate of drug-likeness (QED) is 0.544. The Hall–Kier alpha value is -1.99. The van der Waals surface area contributed by atoms with Crippen LogP contribution in [0.5, 0.6) is 0 Å². The van der Waals surface area contributed by atoms with Crippen LogP contribution < -0.4 is 5.32 Å². The van der Waals surface area contributed by atoms with Crippen LogP contribution in [0, 0.1) is 10.1 Å². The molecule has 0 fully saturated rings. The number of anilines is 1. The van der Waals surface area contributed by atoms with Gasteiger partial charge in [-0.3, -0.25) is 10.1 Å². The van der Waals surface area contributed by atoms with Gasteiger partial charge in [-0.25, -0.2) is 4.98 Å². The molecule has 0 amide bonds. The molecule has 106 valence electrons. The molecule has 21 heavy (non-hydrogen) atoms. The summed E-state index contributed by atoms with van der Waals surface area (Å²) in [5.41, 5.74) is 1.27. The van der Waals surface area contributed by atoms with Gasteiger partial charge in [0.05, 0.1) is 8.71 Å². The molecule has 0 aliphatic rings. The highest BCUT2D eigenvalue weighted by Crippen LogP contribution is 2.29. The Labute approximate surface area is 132 Å². The number of nitro benzene ring substituents is 1. The van der Waals surface area contributed by atoms with Crippen LogP contribution in [0.25, 0.3) is 10.9 Å². The van der Waals surface area contributed by atoms with E-state index >= 15 is 0 Å². The van der Waals surface area contributed by atoms with Gasteiger partial charge in [-0.15, -0.1) is 11.3 Å². The first-order valence-electron chi connectivity index (χ1n) is 6.15. The number of hydrogen-bond donors (Lipinski definition) is 1. The molecule has 0 aliphatic carbocycles. The zero-order chi connectivity index (χ0) is 14.8. The number of aromatic nitrogens is 1. The highest BCUT2D eigenvalue weighted by atomic mass is 79.9. The number of para-hydroxylation sites is 1. The summed E-state index contributed by atoms with van der Waals surface area (Å²) >= 11 is 5.08. The third kappa shape index (κ3) is 2.88. The van der Waals surface area contributed by atoms with Gasteiger partial charge in [0.15, 0.2) is 0 Å². The van der Waals surface area contributed by atoms with Gasteiger partial charge in [-0.2, -0.15) is 0 Å². The molecule has 0 saturated carbocycles. The molecule has 0 saturated heterocycles. The van der Waals surface area contributed by atoms with Crippen LogP contribution in [-0.2, 0) is 6.54 Å². The van der Waals surface area contributed by atoms with E-state index in [1.54, 1.807) is 23.6 Å². The number of nitrogens with zero attached hydrogens (tertiary/aromatic N) is 2. The summed E-state index contributed by atoms with van der Waals surface area (Å²) in [6.45, 7) is 0.665. The summed E-state index contributed by atoms with van der Waals surface area (Å²) in [5, 5.41) is 15.1. The topological polar surface area (TPSA) is 68.1 Å². The second-order valence-corrected chi connectivity index (χ2v) is 6.90. The first-order valence-corrected chi connectivity index (χ1v) is 7.76. The average molecular weight is 364 g/mol. The van der Waals surface area contributed by atoms with Crippen molar-refractivity contribution in [3.8, 4) is 0 Å². The first kappa shape index (κ1) is 14.0. The minimum Gasteiger partial charge on any atom is -0.380 e. The molecular formula is C14H10BrN3O2S. The monoisotopic (exact) mass is 363 g/mol. The third-order valence-corrected chi connectivity index (χ3v) is 4.65. The zero-order valence-electron chi connectivity index (χ0n) is 10.7. The largest absolute Gasteiger partial charge is 0.380 e. The van der Waals surface area contributed by atoms with Gasteiger partial charge in [0.1, 0.15) is 5.52 Å². The standard InChI is InChI=1S/C14H10BrN3O2S/c15-13-5-4-9(21-13)8-17-11-6-7-16-14-10(11)2-1-3-12(14)18(19)20/h1-7H,8H2,(H,16,17). The van der Waals surface area contributed by atoms with Crippen LogP contribution in [0.2, 0.25) is 0 Å². The number of thiophene rings is 1. The molecule has 0 radical (unpaired) electrons. The van der Waals surface area contributed by atoms with Gasteiger partial charge in [0.2, 0.25) is 0 Å². The molecule has 0 aliphatic heterocycles. The number of hydrogen-bond acceptors (Lipinski definition) is 5. The van der Waals surface area contributed by atoms with E-state index < -0.39 is 4.92 Å². The van der Waals surface area contributed by atoms with Crippen molar-refractivity contribution in [3.63, 3.8) is 0 Å². The van der Waals surface area contributed by atoms with Crippen molar-refractivity contribution in [2.24, 2.45) is 0 Å². The number of nitro groups is 1. The van der Waals surface area contributed by atoms with E-state index in [4.69, 9.17) is 0 Å². The molecule has 3 aromatic rings. The number of fused-ring (bicyclic) bond motifs is 1. The summed E-state index contributed by atoms with van der Waals surface area (Å²) in [7, 11) is 0. The molecule has 1 N–H and O–H groups in total. The van der Waals surface area contributed by atoms with E-state index in [9.17, 15) is 10.1 Å². The Morgan fingerprint density at radius 1 is 1.29 bits per heavy atom. The molecule has 1 aromatic carbocycles. The normalized spacial score (nSPS) is 10.7. The van der Waals surface area contributed by atoms with Crippen molar-refractivity contribution in [1.29, 1.82) is 0 Å². The molecule has 2 heterocycles. The number of benzene rings is 1. The van der Waals surface area contributed by atoms with Gasteiger partial charge >= 0.3 is 0 Å². The van der Waals surface area contributed by atoms with Crippen molar-refractivity contribution < 1.29 is 4.92 Å². The van der Waals surface area contributed by atoms with Crippen LogP contribution in [0.1, 0.15) is 4.88 Å². The fourth-order valence-electron chi connectivity index (χ4n) is 2.09. The maximum atomic E-state index is 11.0. The number of nitrogens with one attached hydrogen (secondary N) is 1. The van der Waals surface area contributed by atoms with Gasteiger partial charge in [0.25, 0.3) is 5.69 Å². The van der Waals surface area contributed by atoms with Crippen LogP contribution in [0.3, 0.4) is 0 Å². The van der Waals surface area contributed by atoms with Crippen LogP contribution in [-0.4, -0.2) is 9.91 Å². The number of pyridine rings is 1. The van der Waals surface area contributed by atoms with E-state index in [-0.39, 0.29) is 5.69 Å². The van der Waals surface area contributed by atoms with Crippen LogP contribution in [0.4, 0.5) is 11.4 Å². The predicted molar refractivity (Wildman–Crippen MR) is 87.7 cm³/mol. The highest BCUT2D eigenvalue weighted by molar-refractivity contribution is 9.11. The first-order chi connectivity index (χ1) is 10.1. The Morgan fingerprint density at radius 2 is 2.14 bits per heavy atom. The average Bonchev–Trinajstić information content (AvgIpc) is 2.90. The Morgan fingerprint density at radius 3 is 2.86 bits per heavy atom. The summed E-state index contributed by atoms with van der Waals surface area (Å²) in [6, 6.07) is 10.8. The summed E-state index contributed by atoms with van der Waals surface area (Å²) in [4.78, 5) is 16.0. The fraction of sp³-hybridized carbons (Fsp3) is 0.0714. The number of non-ortho nitro benzene ring substituents is 1. The van der Waals surface area contributed by atoms with Crippen molar-refractivity contribution in [2.45, 2.75) is 6.54 Å². The van der Waals surface area contributed by atoms with E-state index in [2.05, 4.69) is 26.2 Å². The highest BCUT2D eigenvalue weighted by Gasteiger charge is 2.14. The van der Waals surface area contributed by atoms with Gasteiger partial charge < -0.3 is 5.32 Å². The lowest BCUT2D eigenvalue weighted by molar-refractivity contribution is -0.383. The van der Waals surface area contributed by atoms with E-state index in [0.29, 0.717) is 12.1 Å². The molecule has 5 nitrogen and oxygen atoms in total. The Balaban J connectivity index is 1.95. The van der Waals surface area contributed by atoms with E-state index in [0.717, 1.165) is 14.9 Å². The minimum absolute atomic E-state index is 0.0232. The minimum atomic E-state index is -0.407. The number of halogens is 1. The maximum absolute atomic E-state index is 11.0. The molecule has 0 atom stereocenters. The second-order valence-electron chi connectivity index (χ2n) is 4.35. The van der Waals surface area contributed by atoms with Crippen molar-refractivity contribution in [3.05, 3.63) is 61.4 Å². The number of rotatable bonds is 4. The van der Waals surface area contributed by atoms with Crippen molar-refractivity contribution in [1.82, 2.24) is 4.98 Å². The second kappa shape index (κ2) is 5.79. The van der Waals surface area contributed by atoms with Gasteiger partial charge in [0, 0.05) is 34.8 Å². The summed E-state index contributed by atoms with van der Waals surface area (Å²) in [5.74, 6) is 0. The molecule has 7 heteroatoms. The van der Waals surface area contributed by atoms with Crippen LogP contribution >= 0.6 is 27.3 Å². The Bertz CT molecular complexity index is 819. The molecule has 0 bridgehead atoms. The smallest absolute Gasteiger partial charge is 0.295 e. The lowest BCUT2D eigenvalue weighted by atomic mass is 10.1. The molecule has 0 unspecified atom stereocenters. The Kier molecular flexibility index (Phi) is 3.85. The third-order valence-electron chi connectivity index (χ3n) is 3.03. The summed E-state index contributed by atoms with van der Waals surface area (Å²) in [6.07, 6.45) is 1.59. The lowest BCUT2D eigenvalue weighted by Crippen LogP contribution is -1.99. The fourth-order valence-corrected chi connectivity index (χ4v) is 3.51. The van der Waals surface area contributed by atoms with Gasteiger partial charge in [-0.1, -0.05) is 12.1 Å². The van der Waals surface area contributed by atoms with Crippen molar-refractivity contribution in [2.75, 3.05) is 5.32 Å².